The maximum atomic E-state index is 11.9. The van der Waals surface area contributed by atoms with Gasteiger partial charge in [0.15, 0.2) is 0 Å². The van der Waals surface area contributed by atoms with Crippen LogP contribution in [-0.4, -0.2) is 12.9 Å². The van der Waals surface area contributed by atoms with Crippen molar-refractivity contribution in [1.29, 1.82) is 0 Å². The minimum Gasteiger partial charge on any atom is -0.330 e. The van der Waals surface area contributed by atoms with Gasteiger partial charge >= 0.3 is 8.69 Å². The van der Waals surface area contributed by atoms with Gasteiger partial charge in [-0.2, -0.15) is 0 Å². The van der Waals surface area contributed by atoms with Crippen LogP contribution >= 0.6 is 8.69 Å². The van der Waals surface area contributed by atoms with Crippen LogP contribution < -0.4 is 5.73 Å². The summed E-state index contributed by atoms with van der Waals surface area (Å²) < 4.78 is 25.3. The van der Waals surface area contributed by atoms with E-state index in [2.05, 4.69) is 4.52 Å². The summed E-state index contributed by atoms with van der Waals surface area (Å²) in [4.78, 5) is 0. The van der Waals surface area contributed by atoms with Crippen molar-refractivity contribution in [3.8, 4) is 0 Å². The molecule has 0 aromatic rings. The lowest BCUT2D eigenvalue weighted by atomic mass is 10.4. The van der Waals surface area contributed by atoms with E-state index in [1.54, 1.807) is 0 Å². The third-order valence-corrected chi connectivity index (χ3v) is 0.866. The van der Waals surface area contributed by atoms with Crippen LogP contribution in [0.5, 0.6) is 0 Å². The first-order valence-electron chi connectivity index (χ1n) is 2.14. The fourth-order valence-corrected chi connectivity index (χ4v) is 0.429. The maximum absolute atomic E-state index is 11.9. The summed E-state index contributed by atoms with van der Waals surface area (Å²) >= 11 is 0. The summed E-state index contributed by atoms with van der Waals surface area (Å²) in [6, 6.07) is 0. The molecule has 0 radical (unpaired) electrons. The van der Waals surface area contributed by atoms with E-state index < -0.39 is 15.0 Å². The molecule has 0 aliphatic carbocycles. The SMILES string of the molecule is NCCC(F)OP=O. The molecule has 1 atom stereocenters. The average molecular weight is 139 g/mol. The van der Waals surface area contributed by atoms with Crippen LogP contribution in [-0.2, 0) is 9.09 Å². The Labute approximate surface area is 48.3 Å². The zero-order valence-electron chi connectivity index (χ0n) is 4.21. The Morgan fingerprint density at radius 3 is 2.88 bits per heavy atom. The third kappa shape index (κ3) is 4.12. The van der Waals surface area contributed by atoms with Gasteiger partial charge < -0.3 is 5.73 Å². The van der Waals surface area contributed by atoms with E-state index in [9.17, 15) is 8.96 Å². The summed E-state index contributed by atoms with van der Waals surface area (Å²) in [5.41, 5.74) is 4.93. The van der Waals surface area contributed by atoms with Crippen molar-refractivity contribution in [2.75, 3.05) is 6.54 Å². The van der Waals surface area contributed by atoms with E-state index in [1.165, 1.54) is 0 Å². The minimum atomic E-state index is -1.49. The van der Waals surface area contributed by atoms with Gasteiger partial charge in [0.25, 0.3) is 0 Å². The highest BCUT2D eigenvalue weighted by atomic mass is 31.1. The van der Waals surface area contributed by atoms with Crippen LogP contribution in [0.25, 0.3) is 0 Å². The Morgan fingerprint density at radius 1 is 1.88 bits per heavy atom. The number of nitrogens with two attached hydrogens (primary N) is 1. The second-order valence-corrected chi connectivity index (χ2v) is 1.53. The molecule has 8 heavy (non-hydrogen) atoms. The Balaban J connectivity index is 3.03. The molecule has 3 nitrogen and oxygen atoms in total. The van der Waals surface area contributed by atoms with E-state index in [4.69, 9.17) is 5.73 Å². The quantitative estimate of drug-likeness (QED) is 0.587. The van der Waals surface area contributed by atoms with E-state index in [0.717, 1.165) is 0 Å². The van der Waals surface area contributed by atoms with E-state index in [1.807, 2.05) is 0 Å². The Bertz CT molecular complexity index is 72.3. The topological polar surface area (TPSA) is 52.3 Å². The predicted octanol–water partition coefficient (Wildman–Crippen LogP) is 0.854. The van der Waals surface area contributed by atoms with E-state index in [0.29, 0.717) is 0 Å². The molecule has 0 aromatic carbocycles. The minimum absolute atomic E-state index is 0.0925. The zero-order valence-corrected chi connectivity index (χ0v) is 5.11. The lowest BCUT2D eigenvalue weighted by Gasteiger charge is -1.97. The third-order valence-electron chi connectivity index (χ3n) is 0.551. The molecule has 0 rings (SSSR count). The number of hydrogen-bond donors (Lipinski definition) is 1. The van der Waals surface area contributed by atoms with Gasteiger partial charge in [0.1, 0.15) is 0 Å². The van der Waals surface area contributed by atoms with Gasteiger partial charge in [0.2, 0.25) is 6.36 Å². The molecule has 0 heterocycles. The molecule has 0 saturated heterocycles. The molecule has 48 valence electrons. The summed E-state index contributed by atoms with van der Waals surface area (Å²) in [5.74, 6) is 0. The first-order chi connectivity index (χ1) is 3.81. The summed E-state index contributed by atoms with van der Waals surface area (Å²) in [7, 11) is -0.632. The standard InChI is InChI=1S/C3H7FNO2P/c4-3(1-2-5)7-8-6/h3H,1-2,5H2. The smallest absolute Gasteiger partial charge is 0.330 e. The van der Waals surface area contributed by atoms with Gasteiger partial charge in [-0.1, -0.05) is 0 Å². The van der Waals surface area contributed by atoms with Crippen LogP contribution in [0.3, 0.4) is 0 Å². The van der Waals surface area contributed by atoms with Crippen LogP contribution in [0.2, 0.25) is 0 Å². The molecule has 0 aliphatic heterocycles. The Morgan fingerprint density at radius 2 is 2.50 bits per heavy atom. The molecule has 2 N–H and O–H groups in total. The second-order valence-electron chi connectivity index (χ2n) is 1.17. The van der Waals surface area contributed by atoms with Gasteiger partial charge in [-0.15, -0.1) is 0 Å². The first-order valence-corrected chi connectivity index (χ1v) is 2.87. The molecule has 0 aliphatic rings. The summed E-state index contributed by atoms with van der Waals surface area (Å²) in [6.07, 6.45) is -1.39. The normalized spacial score (nSPS) is 14.2. The fourth-order valence-electron chi connectivity index (χ4n) is 0.230. The van der Waals surface area contributed by atoms with Crippen molar-refractivity contribution in [1.82, 2.24) is 0 Å². The van der Waals surface area contributed by atoms with E-state index >= 15 is 0 Å². The second kappa shape index (κ2) is 5.09. The molecule has 1 unspecified atom stereocenters. The lowest BCUT2D eigenvalue weighted by Crippen LogP contribution is -2.08. The van der Waals surface area contributed by atoms with Crippen molar-refractivity contribution in [3.05, 3.63) is 0 Å². The highest BCUT2D eigenvalue weighted by Gasteiger charge is 2.02. The summed E-state index contributed by atoms with van der Waals surface area (Å²) in [5, 5.41) is 0. The molecule has 0 saturated carbocycles. The molecule has 0 amide bonds. The van der Waals surface area contributed by atoms with Crippen molar-refractivity contribution in [3.63, 3.8) is 0 Å². The zero-order chi connectivity index (χ0) is 6.41. The van der Waals surface area contributed by atoms with Crippen molar-refractivity contribution < 1.29 is 13.5 Å². The van der Waals surface area contributed by atoms with Gasteiger partial charge in [-0.3, -0.25) is 4.52 Å². The largest absolute Gasteiger partial charge is 0.330 e. The van der Waals surface area contributed by atoms with Crippen LogP contribution in [0.4, 0.5) is 4.39 Å². The van der Waals surface area contributed by atoms with Gasteiger partial charge in [-0.05, 0) is 6.54 Å². The summed E-state index contributed by atoms with van der Waals surface area (Å²) in [6.45, 7) is 0.205. The molecule has 5 heteroatoms. The van der Waals surface area contributed by atoms with E-state index in [-0.39, 0.29) is 13.0 Å². The maximum Gasteiger partial charge on any atom is 0.330 e. The van der Waals surface area contributed by atoms with Crippen molar-refractivity contribution in [2.24, 2.45) is 5.73 Å². The van der Waals surface area contributed by atoms with Crippen molar-refractivity contribution in [2.45, 2.75) is 12.8 Å². The van der Waals surface area contributed by atoms with Crippen molar-refractivity contribution >= 4 is 8.69 Å². The highest BCUT2D eigenvalue weighted by Crippen LogP contribution is 2.06. The monoisotopic (exact) mass is 139 g/mol. The number of rotatable bonds is 4. The lowest BCUT2D eigenvalue weighted by molar-refractivity contribution is 0.0757. The average Bonchev–Trinajstić information content (AvgIpc) is 1.68. The van der Waals surface area contributed by atoms with Crippen LogP contribution in [0, 0.1) is 0 Å². The number of hydrogen-bond acceptors (Lipinski definition) is 3. The van der Waals surface area contributed by atoms with Gasteiger partial charge in [0, 0.05) is 6.42 Å². The molecule has 0 bridgehead atoms. The first kappa shape index (κ1) is 7.95. The van der Waals surface area contributed by atoms with Crippen LogP contribution in [0.1, 0.15) is 6.42 Å². The molecule has 0 fully saturated rings. The number of alkyl halides is 1. The fraction of sp³-hybridized carbons (Fsp3) is 1.00. The molecule has 0 aromatic heterocycles. The Kier molecular flexibility index (Phi) is 5.06. The van der Waals surface area contributed by atoms with Gasteiger partial charge in [-0.25, -0.2) is 8.96 Å². The van der Waals surface area contributed by atoms with Crippen LogP contribution in [0.15, 0.2) is 0 Å². The molecular formula is C3H7FNO2P. The van der Waals surface area contributed by atoms with Gasteiger partial charge in [0.05, 0.1) is 0 Å². The predicted molar refractivity (Wildman–Crippen MR) is 27.3 cm³/mol. The molecular weight excluding hydrogens is 132 g/mol. The highest BCUT2D eigenvalue weighted by molar-refractivity contribution is 7.17. The number of halogens is 1. The molecule has 0 spiro atoms. The Hall–Kier alpha value is -0.0500.